The van der Waals surface area contributed by atoms with E-state index >= 15 is 0 Å². The van der Waals surface area contributed by atoms with Crippen LogP contribution in [0.4, 0.5) is 11.4 Å². The monoisotopic (exact) mass is 268 g/mol. The molecule has 0 aliphatic carbocycles. The van der Waals surface area contributed by atoms with Crippen LogP contribution in [0.3, 0.4) is 0 Å². The molecule has 0 bridgehead atoms. The average Bonchev–Trinajstić information content (AvgIpc) is 2.44. The van der Waals surface area contributed by atoms with Gasteiger partial charge in [0.05, 0.1) is 0 Å². The van der Waals surface area contributed by atoms with Crippen molar-refractivity contribution < 1.29 is 4.79 Å². The van der Waals surface area contributed by atoms with E-state index < -0.39 is 0 Å². The quantitative estimate of drug-likeness (QED) is 0.867. The Morgan fingerprint density at radius 2 is 1.70 bits per heavy atom. The molecule has 2 rings (SSSR count). The lowest BCUT2D eigenvalue weighted by Crippen LogP contribution is -2.16. The minimum Gasteiger partial charge on any atom is -0.385 e. The first-order valence-electron chi connectivity index (χ1n) is 6.81. The van der Waals surface area contributed by atoms with Gasteiger partial charge >= 0.3 is 0 Å². The van der Waals surface area contributed by atoms with E-state index in [9.17, 15) is 4.79 Å². The number of para-hydroxylation sites is 1. The van der Waals surface area contributed by atoms with Gasteiger partial charge in [-0.15, -0.1) is 0 Å². The molecule has 0 atom stereocenters. The molecule has 2 aromatic rings. The number of benzene rings is 2. The summed E-state index contributed by atoms with van der Waals surface area (Å²) < 4.78 is 0. The van der Waals surface area contributed by atoms with Crippen LogP contribution in [-0.2, 0) is 4.79 Å². The normalized spacial score (nSPS) is 10.1. The van der Waals surface area contributed by atoms with Crippen molar-refractivity contribution in [2.75, 3.05) is 17.2 Å². The summed E-state index contributed by atoms with van der Waals surface area (Å²) in [5.74, 6) is 0.0247. The van der Waals surface area contributed by atoms with Gasteiger partial charge in [-0.1, -0.05) is 24.3 Å². The molecule has 0 aromatic heterocycles. The predicted molar refractivity (Wildman–Crippen MR) is 84.1 cm³/mol. The SMILES string of the molecule is Cc1ccc(NC(=O)CCNc2ccccc2)cc1C. The van der Waals surface area contributed by atoms with Gasteiger partial charge in [-0.2, -0.15) is 0 Å². The number of carbonyl (C=O) groups excluding carboxylic acids is 1. The van der Waals surface area contributed by atoms with Gasteiger partial charge in [-0.05, 0) is 49.2 Å². The Morgan fingerprint density at radius 3 is 2.40 bits per heavy atom. The fraction of sp³-hybridized carbons (Fsp3) is 0.235. The molecule has 104 valence electrons. The van der Waals surface area contributed by atoms with Crippen LogP contribution in [0.1, 0.15) is 17.5 Å². The highest BCUT2D eigenvalue weighted by atomic mass is 16.1. The molecule has 2 aromatic carbocycles. The number of anilines is 2. The number of carbonyl (C=O) groups is 1. The van der Waals surface area contributed by atoms with Crippen molar-refractivity contribution in [3.8, 4) is 0 Å². The average molecular weight is 268 g/mol. The third-order valence-electron chi connectivity index (χ3n) is 3.25. The molecule has 2 N–H and O–H groups in total. The Balaban J connectivity index is 1.79. The molecule has 0 saturated carbocycles. The van der Waals surface area contributed by atoms with E-state index in [4.69, 9.17) is 0 Å². The first-order valence-corrected chi connectivity index (χ1v) is 6.81. The summed E-state index contributed by atoms with van der Waals surface area (Å²) in [6, 6.07) is 15.8. The maximum absolute atomic E-state index is 11.8. The van der Waals surface area contributed by atoms with Gasteiger partial charge in [0.15, 0.2) is 0 Å². The fourth-order valence-electron chi connectivity index (χ4n) is 1.92. The minimum absolute atomic E-state index is 0.0247. The van der Waals surface area contributed by atoms with E-state index in [1.807, 2.05) is 55.5 Å². The molecule has 0 unspecified atom stereocenters. The van der Waals surface area contributed by atoms with Crippen molar-refractivity contribution in [1.29, 1.82) is 0 Å². The van der Waals surface area contributed by atoms with Crippen LogP contribution in [0.2, 0.25) is 0 Å². The fourth-order valence-corrected chi connectivity index (χ4v) is 1.92. The predicted octanol–water partition coefficient (Wildman–Crippen LogP) is 3.74. The maximum atomic E-state index is 11.8. The summed E-state index contributed by atoms with van der Waals surface area (Å²) in [4.78, 5) is 11.8. The van der Waals surface area contributed by atoms with Crippen molar-refractivity contribution in [2.45, 2.75) is 20.3 Å². The van der Waals surface area contributed by atoms with Gasteiger partial charge in [-0.25, -0.2) is 0 Å². The summed E-state index contributed by atoms with van der Waals surface area (Å²) >= 11 is 0. The highest BCUT2D eigenvalue weighted by Gasteiger charge is 2.03. The van der Waals surface area contributed by atoms with Crippen LogP contribution in [0.25, 0.3) is 0 Å². The first kappa shape index (κ1) is 14.1. The van der Waals surface area contributed by atoms with Gasteiger partial charge in [0.1, 0.15) is 0 Å². The molecular formula is C17H20N2O. The Kier molecular flexibility index (Phi) is 4.77. The number of nitrogens with one attached hydrogen (secondary N) is 2. The van der Waals surface area contributed by atoms with Crippen LogP contribution in [0, 0.1) is 13.8 Å². The first-order chi connectivity index (χ1) is 9.65. The van der Waals surface area contributed by atoms with Crippen LogP contribution in [0.5, 0.6) is 0 Å². The number of rotatable bonds is 5. The second-order valence-electron chi connectivity index (χ2n) is 4.89. The van der Waals surface area contributed by atoms with E-state index in [0.29, 0.717) is 13.0 Å². The second-order valence-corrected chi connectivity index (χ2v) is 4.89. The lowest BCUT2D eigenvalue weighted by atomic mass is 10.1. The summed E-state index contributed by atoms with van der Waals surface area (Å²) in [5, 5.41) is 6.14. The minimum atomic E-state index is 0.0247. The van der Waals surface area contributed by atoms with Gasteiger partial charge < -0.3 is 10.6 Å². The van der Waals surface area contributed by atoms with Crippen LogP contribution < -0.4 is 10.6 Å². The summed E-state index contributed by atoms with van der Waals surface area (Å²) in [5.41, 5.74) is 4.31. The van der Waals surface area contributed by atoms with Crippen molar-refractivity contribution in [3.63, 3.8) is 0 Å². The molecule has 0 fully saturated rings. The van der Waals surface area contributed by atoms with E-state index in [1.54, 1.807) is 0 Å². The van der Waals surface area contributed by atoms with Crippen LogP contribution in [-0.4, -0.2) is 12.5 Å². The third kappa shape index (κ3) is 4.12. The van der Waals surface area contributed by atoms with E-state index in [0.717, 1.165) is 11.4 Å². The summed E-state index contributed by atoms with van der Waals surface area (Å²) in [6.45, 7) is 4.73. The van der Waals surface area contributed by atoms with Crippen molar-refractivity contribution in [2.24, 2.45) is 0 Å². The maximum Gasteiger partial charge on any atom is 0.226 e. The van der Waals surface area contributed by atoms with Gasteiger partial charge in [0.25, 0.3) is 0 Å². The van der Waals surface area contributed by atoms with Crippen molar-refractivity contribution in [1.82, 2.24) is 0 Å². The zero-order chi connectivity index (χ0) is 14.4. The van der Waals surface area contributed by atoms with Gasteiger partial charge in [0.2, 0.25) is 5.91 Å². The highest BCUT2D eigenvalue weighted by molar-refractivity contribution is 5.91. The zero-order valence-electron chi connectivity index (χ0n) is 11.9. The highest BCUT2D eigenvalue weighted by Crippen LogP contribution is 2.14. The largest absolute Gasteiger partial charge is 0.385 e. The molecule has 1 amide bonds. The van der Waals surface area contributed by atoms with E-state index in [-0.39, 0.29) is 5.91 Å². The molecule has 3 nitrogen and oxygen atoms in total. The Bertz CT molecular complexity index is 579. The number of hydrogen-bond donors (Lipinski definition) is 2. The molecule has 0 heterocycles. The molecule has 0 spiro atoms. The second kappa shape index (κ2) is 6.75. The summed E-state index contributed by atoms with van der Waals surface area (Å²) in [6.07, 6.45) is 0.446. The number of hydrogen-bond acceptors (Lipinski definition) is 2. The lowest BCUT2D eigenvalue weighted by Gasteiger charge is -2.09. The van der Waals surface area contributed by atoms with E-state index in [1.165, 1.54) is 11.1 Å². The van der Waals surface area contributed by atoms with E-state index in [2.05, 4.69) is 17.6 Å². The molecule has 0 aliphatic heterocycles. The van der Waals surface area contributed by atoms with Gasteiger partial charge in [0, 0.05) is 24.3 Å². The topological polar surface area (TPSA) is 41.1 Å². The van der Waals surface area contributed by atoms with Crippen molar-refractivity contribution >= 4 is 17.3 Å². The smallest absolute Gasteiger partial charge is 0.226 e. The Hall–Kier alpha value is -2.29. The molecule has 0 radical (unpaired) electrons. The molecule has 0 saturated heterocycles. The molecular weight excluding hydrogens is 248 g/mol. The van der Waals surface area contributed by atoms with Crippen LogP contribution in [0.15, 0.2) is 48.5 Å². The van der Waals surface area contributed by atoms with Crippen LogP contribution >= 0.6 is 0 Å². The molecule has 3 heteroatoms. The third-order valence-corrected chi connectivity index (χ3v) is 3.25. The molecule has 0 aliphatic rings. The van der Waals surface area contributed by atoms with Gasteiger partial charge in [-0.3, -0.25) is 4.79 Å². The number of aryl methyl sites for hydroxylation is 2. The van der Waals surface area contributed by atoms with Crippen molar-refractivity contribution in [3.05, 3.63) is 59.7 Å². The standard InChI is InChI=1S/C17H20N2O/c1-13-8-9-16(12-14(13)2)19-17(20)10-11-18-15-6-4-3-5-7-15/h3-9,12,18H,10-11H2,1-2H3,(H,19,20). The number of amides is 1. The zero-order valence-corrected chi connectivity index (χ0v) is 11.9. The molecule has 20 heavy (non-hydrogen) atoms. The summed E-state index contributed by atoms with van der Waals surface area (Å²) in [7, 11) is 0. The lowest BCUT2D eigenvalue weighted by molar-refractivity contribution is -0.115. The Morgan fingerprint density at radius 1 is 0.950 bits per heavy atom. The Labute approximate surface area is 120 Å².